The fourth-order valence-electron chi connectivity index (χ4n) is 1.79. The van der Waals surface area contributed by atoms with Crippen molar-refractivity contribution in [1.29, 1.82) is 0 Å². The Morgan fingerprint density at radius 2 is 1.83 bits per heavy atom. The van der Waals surface area contributed by atoms with Gasteiger partial charge in [-0.1, -0.05) is 49.0 Å². The zero-order valence-corrected chi connectivity index (χ0v) is 12.6. The average molecular weight is 265 g/mol. The van der Waals surface area contributed by atoms with Crippen LogP contribution in [-0.2, 0) is 5.75 Å². The van der Waals surface area contributed by atoms with Gasteiger partial charge in [0.15, 0.2) is 0 Å². The minimum Gasteiger partial charge on any atom is -0.329 e. The lowest BCUT2D eigenvalue weighted by Gasteiger charge is -2.37. The maximum Gasteiger partial charge on any atom is 0.282 e. The quantitative estimate of drug-likeness (QED) is 0.778. The largest absolute Gasteiger partial charge is 0.329 e. The van der Waals surface area contributed by atoms with Crippen molar-refractivity contribution < 1.29 is 4.79 Å². The van der Waals surface area contributed by atoms with Crippen LogP contribution >= 0.6 is 11.8 Å². The molecule has 0 N–H and O–H groups in total. The Morgan fingerprint density at radius 1 is 1.22 bits per heavy atom. The maximum absolute atomic E-state index is 12.2. The van der Waals surface area contributed by atoms with Gasteiger partial charge in [-0.05, 0) is 32.8 Å². The zero-order valence-electron chi connectivity index (χ0n) is 11.8. The summed E-state index contributed by atoms with van der Waals surface area (Å²) < 4.78 is 0. The summed E-state index contributed by atoms with van der Waals surface area (Å²) in [5.41, 5.74) is 1.14. The van der Waals surface area contributed by atoms with Crippen molar-refractivity contribution in [2.75, 3.05) is 6.54 Å². The molecule has 100 valence electrons. The van der Waals surface area contributed by atoms with Crippen LogP contribution in [0.25, 0.3) is 0 Å². The first kappa shape index (κ1) is 15.1. The van der Waals surface area contributed by atoms with E-state index in [9.17, 15) is 4.79 Å². The summed E-state index contributed by atoms with van der Waals surface area (Å²) in [4.78, 5) is 14.2. The fourth-order valence-corrected chi connectivity index (χ4v) is 2.81. The van der Waals surface area contributed by atoms with Crippen LogP contribution in [0.5, 0.6) is 0 Å². The molecule has 2 nitrogen and oxygen atoms in total. The summed E-state index contributed by atoms with van der Waals surface area (Å²) in [7, 11) is 0. The van der Waals surface area contributed by atoms with Gasteiger partial charge in [0.1, 0.15) is 0 Å². The molecule has 0 heterocycles. The van der Waals surface area contributed by atoms with Crippen LogP contribution < -0.4 is 0 Å². The summed E-state index contributed by atoms with van der Waals surface area (Å²) in [5.74, 6) is 0.746. The SMILES string of the molecule is CCN(C(=O)SCc1ccccc1)C(C)(C)CC. The molecule has 0 aliphatic rings. The molecule has 0 atom stereocenters. The third-order valence-electron chi connectivity index (χ3n) is 3.34. The van der Waals surface area contributed by atoms with Crippen LogP contribution in [0.2, 0.25) is 0 Å². The summed E-state index contributed by atoms with van der Waals surface area (Å²) >= 11 is 1.39. The van der Waals surface area contributed by atoms with Gasteiger partial charge in [-0.2, -0.15) is 0 Å². The molecule has 0 aliphatic heterocycles. The van der Waals surface area contributed by atoms with Gasteiger partial charge in [-0.3, -0.25) is 4.79 Å². The van der Waals surface area contributed by atoms with Crippen molar-refractivity contribution in [1.82, 2.24) is 4.90 Å². The van der Waals surface area contributed by atoms with E-state index in [2.05, 4.69) is 32.9 Å². The van der Waals surface area contributed by atoms with Gasteiger partial charge in [0.05, 0.1) is 0 Å². The van der Waals surface area contributed by atoms with Crippen molar-refractivity contribution in [2.24, 2.45) is 0 Å². The van der Waals surface area contributed by atoms with Crippen molar-refractivity contribution in [3.05, 3.63) is 35.9 Å². The van der Waals surface area contributed by atoms with Crippen LogP contribution in [0.1, 0.15) is 39.7 Å². The number of thioether (sulfide) groups is 1. The molecule has 3 heteroatoms. The van der Waals surface area contributed by atoms with E-state index in [0.717, 1.165) is 18.7 Å². The molecular weight excluding hydrogens is 242 g/mol. The van der Waals surface area contributed by atoms with E-state index in [1.54, 1.807) is 0 Å². The van der Waals surface area contributed by atoms with Gasteiger partial charge in [-0.25, -0.2) is 0 Å². The summed E-state index contributed by atoms with van der Waals surface area (Å²) in [6.07, 6.45) is 0.971. The third-order valence-corrected chi connectivity index (χ3v) is 4.28. The third kappa shape index (κ3) is 4.05. The summed E-state index contributed by atoms with van der Waals surface area (Å²) in [6.45, 7) is 9.17. The Labute approximate surface area is 115 Å². The maximum atomic E-state index is 12.2. The zero-order chi connectivity index (χ0) is 13.6. The van der Waals surface area contributed by atoms with Crippen molar-refractivity contribution in [3.8, 4) is 0 Å². The number of hydrogen-bond donors (Lipinski definition) is 0. The van der Waals surface area contributed by atoms with Crippen molar-refractivity contribution in [2.45, 2.75) is 45.4 Å². The van der Waals surface area contributed by atoms with Crippen LogP contribution in [0, 0.1) is 0 Å². The Hall–Kier alpha value is -0.960. The lowest BCUT2D eigenvalue weighted by Crippen LogP contribution is -2.45. The van der Waals surface area contributed by atoms with Crippen LogP contribution in [0.3, 0.4) is 0 Å². The fraction of sp³-hybridized carbons (Fsp3) is 0.533. The second-order valence-corrected chi connectivity index (χ2v) is 5.88. The predicted octanol–water partition coefficient (Wildman–Crippen LogP) is 4.55. The Bertz CT molecular complexity index is 375. The molecule has 0 saturated heterocycles. The van der Waals surface area contributed by atoms with E-state index in [0.29, 0.717) is 0 Å². The minimum absolute atomic E-state index is 0.0600. The number of carbonyl (C=O) groups is 1. The van der Waals surface area contributed by atoms with Gasteiger partial charge in [0, 0.05) is 17.8 Å². The van der Waals surface area contributed by atoms with Gasteiger partial charge < -0.3 is 4.90 Å². The van der Waals surface area contributed by atoms with Crippen molar-refractivity contribution in [3.63, 3.8) is 0 Å². The molecular formula is C15H23NOS. The average Bonchev–Trinajstić information content (AvgIpc) is 2.38. The Morgan fingerprint density at radius 3 is 2.33 bits per heavy atom. The molecule has 0 fully saturated rings. The lowest BCUT2D eigenvalue weighted by atomic mass is 10.0. The molecule has 0 aromatic heterocycles. The van der Waals surface area contributed by atoms with Crippen LogP contribution in [0.4, 0.5) is 4.79 Å². The molecule has 0 aliphatic carbocycles. The summed E-state index contributed by atoms with van der Waals surface area (Å²) in [5, 5.41) is 0.174. The van der Waals surface area contributed by atoms with Gasteiger partial charge in [-0.15, -0.1) is 0 Å². The number of carbonyl (C=O) groups excluding carboxylic acids is 1. The van der Waals surface area contributed by atoms with Crippen LogP contribution in [-0.4, -0.2) is 22.2 Å². The van der Waals surface area contributed by atoms with Gasteiger partial charge >= 0.3 is 0 Å². The van der Waals surface area contributed by atoms with Gasteiger partial charge in [0.25, 0.3) is 5.24 Å². The topological polar surface area (TPSA) is 20.3 Å². The van der Waals surface area contributed by atoms with E-state index in [4.69, 9.17) is 0 Å². The standard InChI is InChI=1S/C15H23NOS/c1-5-15(3,4)16(6-2)14(17)18-12-13-10-8-7-9-11-13/h7-11H,5-6,12H2,1-4H3. The first-order valence-electron chi connectivity index (χ1n) is 6.49. The minimum atomic E-state index is -0.0600. The molecule has 0 spiro atoms. The van der Waals surface area contributed by atoms with E-state index in [1.807, 2.05) is 30.0 Å². The molecule has 0 radical (unpaired) electrons. The molecule has 1 amide bonds. The lowest BCUT2D eigenvalue weighted by molar-refractivity contribution is 0.157. The van der Waals surface area contributed by atoms with E-state index in [1.165, 1.54) is 17.3 Å². The normalized spacial score (nSPS) is 11.3. The van der Waals surface area contributed by atoms with E-state index >= 15 is 0 Å². The Balaban J connectivity index is 2.59. The van der Waals surface area contributed by atoms with Crippen molar-refractivity contribution >= 4 is 17.0 Å². The Kier molecular flexibility index (Phi) is 5.73. The molecule has 1 rings (SSSR count). The second-order valence-electron chi connectivity index (χ2n) is 4.95. The molecule has 0 bridgehead atoms. The number of hydrogen-bond acceptors (Lipinski definition) is 2. The van der Waals surface area contributed by atoms with Crippen LogP contribution in [0.15, 0.2) is 30.3 Å². The van der Waals surface area contributed by atoms with E-state index < -0.39 is 0 Å². The predicted molar refractivity (Wildman–Crippen MR) is 79.9 cm³/mol. The first-order chi connectivity index (χ1) is 8.51. The molecule has 0 saturated carbocycles. The highest BCUT2D eigenvalue weighted by Gasteiger charge is 2.27. The highest BCUT2D eigenvalue weighted by molar-refractivity contribution is 8.12. The number of benzene rings is 1. The molecule has 18 heavy (non-hydrogen) atoms. The molecule has 1 aromatic rings. The number of rotatable bonds is 5. The smallest absolute Gasteiger partial charge is 0.282 e. The highest BCUT2D eigenvalue weighted by Crippen LogP contribution is 2.24. The monoisotopic (exact) mass is 265 g/mol. The first-order valence-corrected chi connectivity index (χ1v) is 7.48. The summed E-state index contributed by atoms with van der Waals surface area (Å²) in [6, 6.07) is 10.1. The molecule has 1 aromatic carbocycles. The van der Waals surface area contributed by atoms with E-state index in [-0.39, 0.29) is 10.8 Å². The van der Waals surface area contributed by atoms with Gasteiger partial charge in [0.2, 0.25) is 0 Å². The highest BCUT2D eigenvalue weighted by atomic mass is 32.2. The second kappa shape index (κ2) is 6.83. The molecule has 0 unspecified atom stereocenters. The number of amides is 1. The number of nitrogens with zero attached hydrogens (tertiary/aromatic N) is 1.